The maximum Gasteiger partial charge on any atom is 0.391 e. The first-order chi connectivity index (χ1) is 8.37. The normalized spacial score (nSPS) is 25.2. The molecule has 1 aliphatic carbocycles. The SMILES string of the molecule is CC(C)(C)C1=C(OP(O)O)C=CC(C)(C(C)(C)C)C1. The summed E-state index contributed by atoms with van der Waals surface area (Å²) in [6.07, 6.45) is 4.91. The van der Waals surface area contributed by atoms with Crippen LogP contribution in [0.15, 0.2) is 23.5 Å². The Morgan fingerprint density at radius 2 is 1.68 bits per heavy atom. The summed E-state index contributed by atoms with van der Waals surface area (Å²) in [7, 11) is -2.37. The van der Waals surface area contributed by atoms with E-state index < -0.39 is 8.60 Å². The summed E-state index contributed by atoms with van der Waals surface area (Å²) < 4.78 is 5.21. The summed E-state index contributed by atoms with van der Waals surface area (Å²) in [5.41, 5.74) is 1.26. The Balaban J connectivity index is 3.20. The average molecular weight is 286 g/mol. The molecular formula is C15H27O3P. The van der Waals surface area contributed by atoms with Crippen molar-refractivity contribution in [2.24, 2.45) is 16.2 Å². The van der Waals surface area contributed by atoms with Crippen LogP contribution in [0, 0.1) is 16.2 Å². The molecule has 2 N–H and O–H groups in total. The van der Waals surface area contributed by atoms with Crippen molar-refractivity contribution in [1.82, 2.24) is 0 Å². The van der Waals surface area contributed by atoms with Crippen LogP contribution in [-0.4, -0.2) is 9.79 Å². The zero-order valence-electron chi connectivity index (χ0n) is 13.1. The highest BCUT2D eigenvalue weighted by atomic mass is 31.2. The van der Waals surface area contributed by atoms with Gasteiger partial charge in [-0.3, -0.25) is 0 Å². The van der Waals surface area contributed by atoms with E-state index in [0.717, 1.165) is 12.0 Å². The van der Waals surface area contributed by atoms with E-state index in [2.05, 4.69) is 54.5 Å². The van der Waals surface area contributed by atoms with E-state index >= 15 is 0 Å². The summed E-state index contributed by atoms with van der Waals surface area (Å²) in [4.78, 5) is 18.2. The maximum atomic E-state index is 9.11. The summed E-state index contributed by atoms with van der Waals surface area (Å²) in [6.45, 7) is 15.3. The average Bonchev–Trinajstić information content (AvgIpc) is 2.17. The van der Waals surface area contributed by atoms with Crippen LogP contribution >= 0.6 is 8.60 Å². The molecule has 0 spiro atoms. The minimum atomic E-state index is -2.37. The van der Waals surface area contributed by atoms with Crippen molar-refractivity contribution in [3.8, 4) is 0 Å². The molecule has 0 aromatic carbocycles. The van der Waals surface area contributed by atoms with E-state index in [1.807, 2.05) is 6.08 Å². The van der Waals surface area contributed by atoms with Gasteiger partial charge in [0.2, 0.25) is 0 Å². The molecule has 0 amide bonds. The van der Waals surface area contributed by atoms with Crippen LogP contribution in [0.3, 0.4) is 0 Å². The lowest BCUT2D eigenvalue weighted by atomic mass is 9.60. The third kappa shape index (κ3) is 3.81. The summed E-state index contributed by atoms with van der Waals surface area (Å²) in [5, 5.41) is 0. The Kier molecular flexibility index (Phi) is 4.56. The van der Waals surface area contributed by atoms with Gasteiger partial charge < -0.3 is 14.3 Å². The number of hydrogen-bond acceptors (Lipinski definition) is 3. The van der Waals surface area contributed by atoms with Crippen LogP contribution in [0.25, 0.3) is 0 Å². The molecule has 0 aromatic rings. The van der Waals surface area contributed by atoms with E-state index in [1.54, 1.807) is 0 Å². The Morgan fingerprint density at radius 1 is 1.16 bits per heavy atom. The quantitative estimate of drug-likeness (QED) is 0.733. The van der Waals surface area contributed by atoms with Crippen LogP contribution in [0.2, 0.25) is 0 Å². The third-order valence-corrected chi connectivity index (χ3v) is 4.60. The molecule has 0 aliphatic heterocycles. The number of rotatable bonds is 2. The van der Waals surface area contributed by atoms with Crippen molar-refractivity contribution in [2.45, 2.75) is 54.9 Å². The predicted octanol–water partition coefficient (Wildman–Crippen LogP) is 4.53. The molecule has 0 saturated heterocycles. The molecule has 1 aliphatic rings. The van der Waals surface area contributed by atoms with E-state index in [-0.39, 0.29) is 16.2 Å². The van der Waals surface area contributed by atoms with E-state index in [9.17, 15) is 0 Å². The lowest BCUT2D eigenvalue weighted by Gasteiger charge is -2.45. The van der Waals surface area contributed by atoms with Crippen molar-refractivity contribution in [1.29, 1.82) is 0 Å². The Bertz CT molecular complexity index is 397. The van der Waals surface area contributed by atoms with Crippen molar-refractivity contribution < 1.29 is 14.3 Å². The fourth-order valence-corrected chi connectivity index (χ4v) is 2.54. The van der Waals surface area contributed by atoms with Crippen LogP contribution in [0.5, 0.6) is 0 Å². The van der Waals surface area contributed by atoms with Crippen molar-refractivity contribution in [3.05, 3.63) is 23.5 Å². The molecule has 19 heavy (non-hydrogen) atoms. The van der Waals surface area contributed by atoms with Crippen LogP contribution in [0.4, 0.5) is 0 Å². The molecule has 110 valence electrons. The Labute approximate surface area is 118 Å². The van der Waals surface area contributed by atoms with Gasteiger partial charge in [-0.05, 0) is 34.3 Å². The predicted molar refractivity (Wildman–Crippen MR) is 80.2 cm³/mol. The van der Waals surface area contributed by atoms with Gasteiger partial charge in [-0.1, -0.05) is 54.5 Å². The molecule has 1 atom stereocenters. The lowest BCUT2D eigenvalue weighted by molar-refractivity contribution is 0.152. The van der Waals surface area contributed by atoms with Gasteiger partial charge in [0, 0.05) is 0 Å². The molecule has 0 saturated carbocycles. The van der Waals surface area contributed by atoms with Gasteiger partial charge in [-0.15, -0.1) is 0 Å². The van der Waals surface area contributed by atoms with Gasteiger partial charge in [-0.2, -0.15) is 0 Å². The smallest absolute Gasteiger partial charge is 0.391 e. The fourth-order valence-electron chi connectivity index (χ4n) is 2.20. The maximum absolute atomic E-state index is 9.11. The van der Waals surface area contributed by atoms with E-state index in [4.69, 9.17) is 14.3 Å². The highest BCUT2D eigenvalue weighted by molar-refractivity contribution is 7.39. The van der Waals surface area contributed by atoms with E-state index in [1.165, 1.54) is 0 Å². The first-order valence-electron chi connectivity index (χ1n) is 6.65. The molecule has 1 rings (SSSR count). The van der Waals surface area contributed by atoms with Crippen LogP contribution in [-0.2, 0) is 4.52 Å². The van der Waals surface area contributed by atoms with Gasteiger partial charge in [0.1, 0.15) is 5.76 Å². The van der Waals surface area contributed by atoms with Crippen molar-refractivity contribution >= 4 is 8.60 Å². The van der Waals surface area contributed by atoms with Crippen LogP contribution < -0.4 is 0 Å². The largest absolute Gasteiger partial charge is 0.427 e. The second-order valence-corrected chi connectivity index (χ2v) is 8.30. The lowest BCUT2D eigenvalue weighted by Crippen LogP contribution is -2.35. The molecule has 0 radical (unpaired) electrons. The first kappa shape index (κ1) is 16.7. The Morgan fingerprint density at radius 3 is 2.05 bits per heavy atom. The van der Waals surface area contributed by atoms with E-state index in [0.29, 0.717) is 5.76 Å². The van der Waals surface area contributed by atoms with Gasteiger partial charge in [0.15, 0.2) is 0 Å². The first-order valence-corrected chi connectivity index (χ1v) is 7.82. The molecule has 0 bridgehead atoms. The topological polar surface area (TPSA) is 49.7 Å². The second kappa shape index (κ2) is 5.20. The van der Waals surface area contributed by atoms with Crippen molar-refractivity contribution in [2.75, 3.05) is 0 Å². The summed E-state index contributed by atoms with van der Waals surface area (Å²) in [6, 6.07) is 0. The second-order valence-electron chi connectivity index (χ2n) is 7.61. The zero-order valence-corrected chi connectivity index (χ0v) is 14.0. The highest BCUT2D eigenvalue weighted by Crippen LogP contribution is 2.52. The molecule has 0 fully saturated rings. The molecule has 3 nitrogen and oxygen atoms in total. The molecular weight excluding hydrogens is 259 g/mol. The number of hydrogen-bond donors (Lipinski definition) is 2. The standard InChI is InChI=1S/C15H27O3P/c1-13(2,3)11-10-15(7,14(4,5)6)9-8-12(11)18-19(16)17/h8-9,16-17H,10H2,1-7H3. The van der Waals surface area contributed by atoms with Crippen molar-refractivity contribution in [3.63, 3.8) is 0 Å². The fraction of sp³-hybridized carbons (Fsp3) is 0.733. The minimum absolute atomic E-state index is 0.0378. The van der Waals surface area contributed by atoms with Gasteiger partial charge in [0.05, 0.1) is 0 Å². The molecule has 0 aromatic heterocycles. The molecule has 4 heteroatoms. The minimum Gasteiger partial charge on any atom is -0.427 e. The van der Waals surface area contributed by atoms with Crippen LogP contribution in [0.1, 0.15) is 54.9 Å². The van der Waals surface area contributed by atoms with Gasteiger partial charge in [-0.25, -0.2) is 0 Å². The Hall–Kier alpha value is -0.370. The molecule has 1 unspecified atom stereocenters. The third-order valence-electron chi connectivity index (χ3n) is 4.24. The van der Waals surface area contributed by atoms with Gasteiger partial charge in [0.25, 0.3) is 0 Å². The highest BCUT2D eigenvalue weighted by Gasteiger charge is 2.41. The summed E-state index contributed by atoms with van der Waals surface area (Å²) in [5.74, 6) is 0.616. The zero-order chi connectivity index (χ0) is 15.1. The number of allylic oxidation sites excluding steroid dienone is 3. The van der Waals surface area contributed by atoms with Gasteiger partial charge >= 0.3 is 8.60 Å². The molecule has 0 heterocycles. The monoisotopic (exact) mass is 286 g/mol. The summed E-state index contributed by atoms with van der Waals surface area (Å²) >= 11 is 0.